The summed E-state index contributed by atoms with van der Waals surface area (Å²) in [6.07, 6.45) is 0. The standard InChI is InChI=1S/C13H13FN2O2S/c1-9(11-3-2-4-12(14)6-11)15-7-10-5-13(16(17)18)19-8-10/h2-6,8-9,15H,7H2,1H3/t9-/m0/s1. The van der Waals surface area contributed by atoms with Gasteiger partial charge in [-0.25, -0.2) is 4.39 Å². The predicted molar refractivity (Wildman–Crippen MR) is 72.6 cm³/mol. The molecule has 6 heteroatoms. The van der Waals surface area contributed by atoms with Gasteiger partial charge in [-0.2, -0.15) is 0 Å². The quantitative estimate of drug-likeness (QED) is 0.672. The third kappa shape index (κ3) is 3.59. The van der Waals surface area contributed by atoms with Crippen molar-refractivity contribution in [3.05, 3.63) is 62.8 Å². The summed E-state index contributed by atoms with van der Waals surface area (Å²) in [6, 6.07) is 7.92. The molecule has 1 aromatic carbocycles. The summed E-state index contributed by atoms with van der Waals surface area (Å²) >= 11 is 1.11. The molecule has 2 aromatic rings. The first-order valence-corrected chi connectivity index (χ1v) is 6.65. The van der Waals surface area contributed by atoms with Crippen LogP contribution in [0, 0.1) is 15.9 Å². The van der Waals surface area contributed by atoms with Crippen LogP contribution >= 0.6 is 11.3 Å². The molecule has 2 rings (SSSR count). The van der Waals surface area contributed by atoms with E-state index in [4.69, 9.17) is 0 Å². The molecule has 1 N–H and O–H groups in total. The maximum absolute atomic E-state index is 13.1. The number of hydrogen-bond donors (Lipinski definition) is 1. The van der Waals surface area contributed by atoms with Crippen LogP contribution in [0.5, 0.6) is 0 Å². The maximum atomic E-state index is 13.1. The number of nitro groups is 1. The van der Waals surface area contributed by atoms with Gasteiger partial charge in [0.25, 0.3) is 0 Å². The van der Waals surface area contributed by atoms with E-state index >= 15 is 0 Å². The second-order valence-corrected chi connectivity index (χ2v) is 5.10. The highest BCUT2D eigenvalue weighted by atomic mass is 32.1. The highest BCUT2D eigenvalue weighted by Crippen LogP contribution is 2.23. The summed E-state index contributed by atoms with van der Waals surface area (Å²) in [7, 11) is 0. The van der Waals surface area contributed by atoms with E-state index in [1.54, 1.807) is 17.5 Å². The molecule has 0 bridgehead atoms. The molecule has 0 aliphatic rings. The van der Waals surface area contributed by atoms with Gasteiger partial charge in [0.15, 0.2) is 0 Å². The predicted octanol–water partition coefficient (Wildman–Crippen LogP) is 3.65. The van der Waals surface area contributed by atoms with Crippen LogP contribution in [0.3, 0.4) is 0 Å². The van der Waals surface area contributed by atoms with Gasteiger partial charge in [0.05, 0.1) is 4.92 Å². The summed E-state index contributed by atoms with van der Waals surface area (Å²) in [4.78, 5) is 10.2. The molecule has 0 radical (unpaired) electrons. The lowest BCUT2D eigenvalue weighted by Crippen LogP contribution is -2.17. The Kier molecular flexibility index (Phi) is 4.24. The van der Waals surface area contributed by atoms with Crippen molar-refractivity contribution < 1.29 is 9.31 Å². The summed E-state index contributed by atoms with van der Waals surface area (Å²) in [5.41, 5.74) is 1.71. The van der Waals surface area contributed by atoms with Crippen LogP contribution in [-0.2, 0) is 6.54 Å². The van der Waals surface area contributed by atoms with Crippen molar-refractivity contribution in [2.24, 2.45) is 0 Å². The number of nitrogens with zero attached hydrogens (tertiary/aromatic N) is 1. The van der Waals surface area contributed by atoms with E-state index in [0.717, 1.165) is 22.5 Å². The minimum atomic E-state index is -0.399. The van der Waals surface area contributed by atoms with E-state index in [9.17, 15) is 14.5 Å². The Labute approximate surface area is 114 Å². The molecule has 0 amide bonds. The number of hydrogen-bond acceptors (Lipinski definition) is 4. The molecule has 1 aromatic heterocycles. The third-order valence-corrected chi connectivity index (χ3v) is 3.71. The van der Waals surface area contributed by atoms with Crippen molar-refractivity contribution in [2.45, 2.75) is 19.5 Å². The zero-order chi connectivity index (χ0) is 13.8. The zero-order valence-corrected chi connectivity index (χ0v) is 11.1. The smallest absolute Gasteiger partial charge is 0.306 e. The van der Waals surface area contributed by atoms with Gasteiger partial charge >= 0.3 is 5.00 Å². The van der Waals surface area contributed by atoms with Crippen molar-refractivity contribution >= 4 is 16.3 Å². The minimum Gasteiger partial charge on any atom is -0.306 e. The van der Waals surface area contributed by atoms with Crippen molar-refractivity contribution in [1.82, 2.24) is 5.32 Å². The van der Waals surface area contributed by atoms with Crippen LogP contribution in [0.1, 0.15) is 24.1 Å². The molecule has 19 heavy (non-hydrogen) atoms. The number of thiophene rings is 1. The Hall–Kier alpha value is -1.79. The first-order valence-electron chi connectivity index (χ1n) is 5.77. The van der Waals surface area contributed by atoms with E-state index < -0.39 is 4.92 Å². The lowest BCUT2D eigenvalue weighted by molar-refractivity contribution is -0.380. The van der Waals surface area contributed by atoms with Gasteiger partial charge in [-0.3, -0.25) is 10.1 Å². The second-order valence-electron chi connectivity index (χ2n) is 4.21. The fraction of sp³-hybridized carbons (Fsp3) is 0.231. The molecule has 0 fully saturated rings. The van der Waals surface area contributed by atoms with E-state index in [2.05, 4.69) is 5.32 Å². The van der Waals surface area contributed by atoms with Crippen LogP contribution in [0.15, 0.2) is 35.7 Å². The molecule has 0 unspecified atom stereocenters. The number of nitrogens with one attached hydrogen (secondary N) is 1. The zero-order valence-electron chi connectivity index (χ0n) is 10.3. The molecule has 1 atom stereocenters. The average Bonchev–Trinajstić information content (AvgIpc) is 2.85. The Morgan fingerprint density at radius 1 is 1.47 bits per heavy atom. The fourth-order valence-corrected chi connectivity index (χ4v) is 2.44. The lowest BCUT2D eigenvalue weighted by atomic mass is 10.1. The van der Waals surface area contributed by atoms with Crippen LogP contribution in [0.2, 0.25) is 0 Å². The van der Waals surface area contributed by atoms with Gasteiger partial charge in [0.2, 0.25) is 0 Å². The molecular formula is C13H13FN2O2S. The lowest BCUT2D eigenvalue weighted by Gasteiger charge is -2.13. The van der Waals surface area contributed by atoms with E-state index in [0.29, 0.717) is 6.54 Å². The number of rotatable bonds is 5. The topological polar surface area (TPSA) is 55.2 Å². The molecule has 0 aliphatic heterocycles. The average molecular weight is 280 g/mol. The van der Waals surface area contributed by atoms with E-state index in [1.807, 2.05) is 13.0 Å². The summed E-state index contributed by atoms with van der Waals surface area (Å²) in [6.45, 7) is 2.44. The van der Waals surface area contributed by atoms with E-state index in [1.165, 1.54) is 12.1 Å². The Balaban J connectivity index is 1.96. The summed E-state index contributed by atoms with van der Waals surface area (Å²) in [5, 5.41) is 15.7. The summed E-state index contributed by atoms with van der Waals surface area (Å²) < 4.78 is 13.1. The molecule has 0 saturated carbocycles. The number of benzene rings is 1. The SMILES string of the molecule is C[C@H](NCc1csc([N+](=O)[O-])c1)c1cccc(F)c1. The number of halogens is 1. The van der Waals surface area contributed by atoms with Crippen molar-refractivity contribution in [1.29, 1.82) is 0 Å². The van der Waals surface area contributed by atoms with Crippen LogP contribution in [0.4, 0.5) is 9.39 Å². The van der Waals surface area contributed by atoms with Crippen LogP contribution in [0.25, 0.3) is 0 Å². The highest BCUT2D eigenvalue weighted by Gasteiger charge is 2.11. The first kappa shape index (κ1) is 13.6. The minimum absolute atomic E-state index is 0.0188. The molecular weight excluding hydrogens is 267 g/mol. The van der Waals surface area contributed by atoms with E-state index in [-0.39, 0.29) is 16.9 Å². The Morgan fingerprint density at radius 3 is 2.89 bits per heavy atom. The van der Waals surface area contributed by atoms with Gasteiger partial charge in [-0.15, -0.1) is 0 Å². The highest BCUT2D eigenvalue weighted by molar-refractivity contribution is 7.13. The van der Waals surface area contributed by atoms with Crippen LogP contribution in [-0.4, -0.2) is 4.92 Å². The molecule has 100 valence electrons. The molecule has 1 heterocycles. The van der Waals surface area contributed by atoms with Crippen molar-refractivity contribution in [2.75, 3.05) is 0 Å². The normalized spacial score (nSPS) is 12.3. The van der Waals surface area contributed by atoms with Crippen molar-refractivity contribution in [3.8, 4) is 0 Å². The van der Waals surface area contributed by atoms with Crippen LogP contribution < -0.4 is 5.32 Å². The molecule has 0 spiro atoms. The third-order valence-electron chi connectivity index (χ3n) is 2.78. The van der Waals surface area contributed by atoms with Gasteiger partial charge in [-0.1, -0.05) is 23.5 Å². The van der Waals surface area contributed by atoms with Gasteiger partial charge < -0.3 is 5.32 Å². The monoisotopic (exact) mass is 280 g/mol. The first-order chi connectivity index (χ1) is 9.06. The van der Waals surface area contributed by atoms with Gasteiger partial charge in [-0.05, 0) is 30.2 Å². The Morgan fingerprint density at radius 2 is 2.26 bits per heavy atom. The Bertz CT molecular complexity index is 586. The maximum Gasteiger partial charge on any atom is 0.324 e. The van der Waals surface area contributed by atoms with Gasteiger partial charge in [0.1, 0.15) is 5.82 Å². The summed E-state index contributed by atoms with van der Waals surface area (Å²) in [5.74, 6) is -0.266. The molecule has 4 nitrogen and oxygen atoms in total. The largest absolute Gasteiger partial charge is 0.324 e. The second kappa shape index (κ2) is 5.90. The molecule has 0 saturated heterocycles. The fourth-order valence-electron chi connectivity index (χ4n) is 1.72. The molecule has 0 aliphatic carbocycles. The van der Waals surface area contributed by atoms with Crippen molar-refractivity contribution in [3.63, 3.8) is 0 Å². The van der Waals surface area contributed by atoms with Gasteiger partial charge in [0, 0.05) is 24.0 Å².